The second-order valence-corrected chi connectivity index (χ2v) is 8.97. The zero-order chi connectivity index (χ0) is 21.5. The summed E-state index contributed by atoms with van der Waals surface area (Å²) in [5, 5.41) is 0. The summed E-state index contributed by atoms with van der Waals surface area (Å²) in [7, 11) is 3.85. The van der Waals surface area contributed by atoms with Crippen molar-refractivity contribution in [3.05, 3.63) is 35.2 Å². The molecule has 3 rings (SSSR count). The average molecular weight is 521 g/mol. The van der Waals surface area contributed by atoms with Crippen LogP contribution in [0.2, 0.25) is 0 Å². The van der Waals surface area contributed by atoms with Crippen LogP contribution in [0.5, 0.6) is 11.5 Å². The minimum absolute atomic E-state index is 0. The van der Waals surface area contributed by atoms with Gasteiger partial charge in [0.25, 0.3) is 0 Å². The van der Waals surface area contributed by atoms with E-state index in [9.17, 15) is 0 Å². The fraction of sp³-hybridized carbons (Fsp3) is 0.522. The number of thiocarbonyl (C=S) groups is 1. The topological polar surface area (TPSA) is 28.2 Å². The average Bonchev–Trinajstić information content (AvgIpc) is 3.27. The summed E-state index contributed by atoms with van der Waals surface area (Å²) in [6.07, 6.45) is 0. The molecule has 1 aliphatic heterocycles. The van der Waals surface area contributed by atoms with Crippen LogP contribution in [0.1, 0.15) is 18.7 Å². The summed E-state index contributed by atoms with van der Waals surface area (Å²) in [5.41, 5.74) is 1.13. The number of hydrogen-bond acceptors (Lipinski definition) is 6. The molecule has 0 atom stereocenters. The molecule has 0 saturated carbocycles. The number of hydrogen-bond donors (Lipinski definition) is 0. The van der Waals surface area contributed by atoms with Gasteiger partial charge in [-0.15, -0.1) is 36.2 Å². The first kappa shape index (κ1) is 28.9. The Labute approximate surface area is 214 Å². The van der Waals surface area contributed by atoms with E-state index >= 15 is 0 Å². The van der Waals surface area contributed by atoms with Crippen molar-refractivity contribution < 1.29 is 9.47 Å². The van der Waals surface area contributed by atoms with Gasteiger partial charge in [0, 0.05) is 37.6 Å². The number of likely N-dealkylation sites (N-methyl/N-ethyl adjacent to an activating group) is 2. The van der Waals surface area contributed by atoms with E-state index in [4.69, 9.17) is 21.7 Å². The predicted octanol–water partition coefficient (Wildman–Crippen LogP) is 4.91. The van der Waals surface area contributed by atoms with E-state index in [1.807, 2.05) is 6.07 Å². The standard InChI is InChI=1S/C23H33N3O2S2.2ClH/c1-5-25(6-2)15-16-28-19-8-7-18(17-20(19)27-4)21-9-10-22(30-21)23(29)26-13-11-24(3)12-14-26;;/h7-10,17H,5-6,11-16H2,1-4H3;2*1H. The maximum absolute atomic E-state index is 5.99. The summed E-state index contributed by atoms with van der Waals surface area (Å²) >= 11 is 7.51. The summed E-state index contributed by atoms with van der Waals surface area (Å²) in [6.45, 7) is 12.1. The van der Waals surface area contributed by atoms with Gasteiger partial charge in [0.15, 0.2) is 11.5 Å². The van der Waals surface area contributed by atoms with Crippen molar-refractivity contribution in [1.82, 2.24) is 14.7 Å². The molecular weight excluding hydrogens is 485 g/mol. The molecule has 32 heavy (non-hydrogen) atoms. The normalized spacial score (nSPS) is 14.0. The van der Waals surface area contributed by atoms with Gasteiger partial charge in [0.1, 0.15) is 11.6 Å². The zero-order valence-corrected chi connectivity index (χ0v) is 22.6. The van der Waals surface area contributed by atoms with Gasteiger partial charge in [0.05, 0.1) is 12.0 Å². The number of methoxy groups -OCH3 is 1. The first-order valence-electron chi connectivity index (χ1n) is 10.7. The third-order valence-electron chi connectivity index (χ3n) is 5.61. The highest BCUT2D eigenvalue weighted by atomic mass is 35.5. The number of rotatable bonds is 9. The Bertz CT molecular complexity index is 838. The van der Waals surface area contributed by atoms with E-state index in [1.54, 1.807) is 18.4 Å². The smallest absolute Gasteiger partial charge is 0.161 e. The maximum atomic E-state index is 5.99. The van der Waals surface area contributed by atoms with Gasteiger partial charge in [-0.25, -0.2) is 0 Å². The van der Waals surface area contributed by atoms with Crippen LogP contribution >= 0.6 is 48.4 Å². The third-order valence-corrected chi connectivity index (χ3v) is 7.36. The lowest BCUT2D eigenvalue weighted by molar-refractivity contribution is 0.217. The summed E-state index contributed by atoms with van der Waals surface area (Å²) < 4.78 is 11.6. The van der Waals surface area contributed by atoms with Crippen molar-refractivity contribution in [3.8, 4) is 21.9 Å². The van der Waals surface area contributed by atoms with Crippen LogP contribution in [-0.2, 0) is 0 Å². The van der Waals surface area contributed by atoms with Gasteiger partial charge in [-0.05, 0) is 56.0 Å². The minimum atomic E-state index is 0. The first-order chi connectivity index (χ1) is 14.5. The van der Waals surface area contributed by atoms with E-state index in [-0.39, 0.29) is 24.8 Å². The number of nitrogens with zero attached hydrogens (tertiary/aromatic N) is 3. The lowest BCUT2D eigenvalue weighted by Crippen LogP contribution is -2.46. The molecule has 1 aromatic heterocycles. The molecule has 1 aliphatic rings. The van der Waals surface area contributed by atoms with E-state index in [2.05, 4.69) is 59.9 Å². The molecule has 0 spiro atoms. The largest absolute Gasteiger partial charge is 0.493 e. The fourth-order valence-electron chi connectivity index (χ4n) is 3.54. The van der Waals surface area contributed by atoms with E-state index < -0.39 is 0 Å². The van der Waals surface area contributed by atoms with Crippen molar-refractivity contribution in [2.75, 3.05) is 66.6 Å². The molecule has 180 valence electrons. The minimum Gasteiger partial charge on any atom is -0.493 e. The Balaban J connectivity index is 0.00000256. The molecular formula is C23H35Cl2N3O2S2. The van der Waals surface area contributed by atoms with Crippen LogP contribution in [0.4, 0.5) is 0 Å². The van der Waals surface area contributed by atoms with Crippen molar-refractivity contribution in [2.24, 2.45) is 0 Å². The highest BCUT2D eigenvalue weighted by Crippen LogP contribution is 2.36. The summed E-state index contributed by atoms with van der Waals surface area (Å²) in [5.74, 6) is 1.56. The second-order valence-electron chi connectivity index (χ2n) is 7.50. The van der Waals surface area contributed by atoms with Gasteiger partial charge in [-0.3, -0.25) is 0 Å². The first-order valence-corrected chi connectivity index (χ1v) is 11.9. The Kier molecular flexibility index (Phi) is 12.9. The maximum Gasteiger partial charge on any atom is 0.161 e. The molecule has 0 amide bonds. The predicted molar refractivity (Wildman–Crippen MR) is 145 cm³/mol. The fourth-order valence-corrected chi connectivity index (χ4v) is 4.88. The molecule has 1 fully saturated rings. The van der Waals surface area contributed by atoms with Crippen molar-refractivity contribution >= 4 is 53.4 Å². The molecule has 2 heterocycles. The lowest BCUT2D eigenvalue weighted by Gasteiger charge is -2.33. The quantitative estimate of drug-likeness (QED) is 0.437. The number of thiophene rings is 1. The number of piperazine rings is 1. The van der Waals surface area contributed by atoms with Gasteiger partial charge >= 0.3 is 0 Å². The highest BCUT2D eigenvalue weighted by Gasteiger charge is 2.19. The monoisotopic (exact) mass is 519 g/mol. The summed E-state index contributed by atoms with van der Waals surface area (Å²) in [4.78, 5) is 10.3. The molecule has 1 aromatic carbocycles. The van der Waals surface area contributed by atoms with Gasteiger partial charge in [0.2, 0.25) is 0 Å². The van der Waals surface area contributed by atoms with Crippen LogP contribution in [0, 0.1) is 0 Å². The molecule has 0 aliphatic carbocycles. The molecule has 0 unspecified atom stereocenters. The second kappa shape index (κ2) is 14.2. The molecule has 9 heteroatoms. The Morgan fingerprint density at radius 1 is 1.03 bits per heavy atom. The molecule has 0 N–H and O–H groups in total. The lowest BCUT2D eigenvalue weighted by atomic mass is 10.1. The van der Waals surface area contributed by atoms with Gasteiger partial charge in [-0.2, -0.15) is 0 Å². The van der Waals surface area contributed by atoms with Crippen LogP contribution in [0.15, 0.2) is 30.3 Å². The van der Waals surface area contributed by atoms with E-state index in [1.165, 1.54) is 4.88 Å². The molecule has 1 saturated heterocycles. The molecule has 0 radical (unpaired) electrons. The SMILES string of the molecule is CCN(CC)CCOc1ccc(-c2ccc(C(=S)N3CCN(C)CC3)s2)cc1OC.Cl.Cl. The van der Waals surface area contributed by atoms with Gasteiger partial charge < -0.3 is 24.2 Å². The zero-order valence-electron chi connectivity index (χ0n) is 19.3. The van der Waals surface area contributed by atoms with Crippen molar-refractivity contribution in [3.63, 3.8) is 0 Å². The number of ether oxygens (including phenoxy) is 2. The van der Waals surface area contributed by atoms with Crippen LogP contribution in [0.25, 0.3) is 10.4 Å². The number of benzene rings is 1. The molecule has 0 bridgehead atoms. The summed E-state index contributed by atoms with van der Waals surface area (Å²) in [6, 6.07) is 10.5. The van der Waals surface area contributed by atoms with Crippen molar-refractivity contribution in [2.45, 2.75) is 13.8 Å². The van der Waals surface area contributed by atoms with Crippen molar-refractivity contribution in [1.29, 1.82) is 0 Å². The highest BCUT2D eigenvalue weighted by molar-refractivity contribution is 7.81. The van der Waals surface area contributed by atoms with E-state index in [0.29, 0.717) is 6.61 Å². The van der Waals surface area contributed by atoms with Crippen LogP contribution < -0.4 is 9.47 Å². The molecule has 2 aromatic rings. The Hall–Kier alpha value is -1.09. The number of halogens is 2. The van der Waals surface area contributed by atoms with Gasteiger partial charge in [-0.1, -0.05) is 26.1 Å². The van der Waals surface area contributed by atoms with E-state index in [0.717, 1.165) is 72.7 Å². The third kappa shape index (κ3) is 7.47. The van der Waals surface area contributed by atoms with Crippen LogP contribution in [-0.4, -0.2) is 86.3 Å². The van der Waals surface area contributed by atoms with Crippen LogP contribution in [0.3, 0.4) is 0 Å². The Morgan fingerprint density at radius 2 is 1.72 bits per heavy atom. The Morgan fingerprint density at radius 3 is 2.34 bits per heavy atom. The molecule has 5 nitrogen and oxygen atoms in total.